The summed E-state index contributed by atoms with van der Waals surface area (Å²) in [5, 5.41) is 25.7. The maximum Gasteiger partial charge on any atom is 0.481 e. The molecule has 29 heteroatoms. The van der Waals surface area contributed by atoms with Crippen LogP contribution in [0.25, 0.3) is 11.2 Å². The third-order valence-electron chi connectivity index (χ3n) is 7.18. The van der Waals surface area contributed by atoms with E-state index in [0.29, 0.717) is 0 Å². The average Bonchev–Trinajstić information content (AvgIpc) is 3.64. The minimum Gasteiger partial charge on any atom is -0.386 e. The Bertz CT molecular complexity index is 1860. The first-order chi connectivity index (χ1) is 25.0. The Hall–Kier alpha value is -2.92. The molecule has 12 N–H and O–H groups in total. The van der Waals surface area contributed by atoms with Crippen LogP contribution in [0, 0.1) is 17.8 Å². The highest BCUT2D eigenvalue weighted by Crippen LogP contribution is 2.61. The number of hydrogen-bond acceptors (Lipinski definition) is 19. The lowest BCUT2D eigenvalue weighted by Crippen LogP contribution is -2.46. The number of thioether (sulfide) groups is 1. The quantitative estimate of drug-likeness (QED) is 0.0378. The molecule has 0 saturated carbocycles. The van der Waals surface area contributed by atoms with Gasteiger partial charge in [0.15, 0.2) is 17.7 Å². The van der Waals surface area contributed by atoms with Crippen molar-refractivity contribution in [2.45, 2.75) is 57.0 Å². The zero-order chi connectivity index (χ0) is 40.6. The Kier molecular flexibility index (Phi) is 15.8. The van der Waals surface area contributed by atoms with Gasteiger partial charge in [-0.2, -0.15) is 4.31 Å². The Balaban J connectivity index is 1.51. The van der Waals surface area contributed by atoms with Crippen molar-refractivity contribution in [3.63, 3.8) is 0 Å². The molecule has 3 rings (SSSR count). The number of phosphoric acid groups is 3. The summed E-state index contributed by atoms with van der Waals surface area (Å²) >= 11 is 0.835. The predicted molar refractivity (Wildman–Crippen MR) is 184 cm³/mol. The third-order valence-corrected chi connectivity index (χ3v) is 11.2. The lowest BCUT2D eigenvalue weighted by Gasteiger charge is -2.30. The molecule has 1 aliphatic rings. The number of ether oxygens (including phenoxy) is 1. The van der Waals surface area contributed by atoms with E-state index in [0.717, 1.165) is 29.0 Å². The van der Waals surface area contributed by atoms with Crippen LogP contribution < -0.4 is 22.1 Å². The maximum absolute atomic E-state index is 12.6. The van der Waals surface area contributed by atoms with E-state index in [1.807, 2.05) is 0 Å². The highest BCUT2D eigenvalue weighted by Gasteiger charge is 2.50. The van der Waals surface area contributed by atoms with Crippen LogP contribution in [-0.4, -0.2) is 129 Å². The number of amides is 2. The van der Waals surface area contributed by atoms with Crippen LogP contribution in [0.1, 0.15) is 26.5 Å². The molecule has 54 heavy (non-hydrogen) atoms. The summed E-state index contributed by atoms with van der Waals surface area (Å²) in [5.74, 6) is 0.726. The number of nitrogens with one attached hydrogen (secondary N) is 2. The molecule has 1 saturated heterocycles. The summed E-state index contributed by atoms with van der Waals surface area (Å²) in [4.78, 5) is 86.9. The molecule has 0 spiro atoms. The molecule has 0 aliphatic carbocycles. The van der Waals surface area contributed by atoms with Crippen molar-refractivity contribution in [1.29, 1.82) is 0 Å². The molecule has 2 aromatic rings. The normalized spacial score (nSPS) is 22.4. The van der Waals surface area contributed by atoms with Crippen LogP contribution in [-0.2, 0) is 50.7 Å². The number of nitrogens with two attached hydrogens (primary N) is 2. The van der Waals surface area contributed by atoms with Gasteiger partial charge in [-0.25, -0.2) is 28.6 Å². The monoisotopic (exact) mass is 848 g/mol. The number of carbonyl (C=O) groups is 3. The Morgan fingerprint density at radius 1 is 1.11 bits per heavy atom. The van der Waals surface area contributed by atoms with Crippen molar-refractivity contribution in [3.8, 4) is 12.3 Å². The zero-order valence-electron chi connectivity index (χ0n) is 28.3. The second kappa shape index (κ2) is 18.8. The summed E-state index contributed by atoms with van der Waals surface area (Å²) in [5.41, 5.74) is 9.61. The Labute approximate surface area is 310 Å². The molecule has 1 fully saturated rings. The van der Waals surface area contributed by atoms with Crippen LogP contribution in [0.5, 0.6) is 0 Å². The summed E-state index contributed by atoms with van der Waals surface area (Å²) in [6.45, 7) is 0.285. The molecule has 2 amide bonds. The lowest BCUT2D eigenvalue weighted by atomic mass is 9.87. The minimum atomic E-state index is -5.58. The summed E-state index contributed by atoms with van der Waals surface area (Å²) in [7, 11) is -16.4. The van der Waals surface area contributed by atoms with E-state index < -0.39 is 95.7 Å². The first-order valence-electron chi connectivity index (χ1n) is 15.2. The summed E-state index contributed by atoms with van der Waals surface area (Å²) in [6.07, 6.45) is -1.96. The standard InChI is InChI=1S/C25H39N8O17P3S/c1-4-13(26)24(38)54-8-7-28-15(34)5-6-29-22(37)19(36)25(2,3)10-47-53(44,45)50-52(42,43)46-9-14-18(49-51(39,40)41)17(35)23(48-14)33-12-32-16-20(27)30-11-31-21(16)33/h1,11-14,17-19,23,35-36H,5-10,26H2,2-3H3,(H,28,34)(H,29,37)(H,42,43)(H,44,45)(H2,27,30,31)(H2,39,40,41). The van der Waals surface area contributed by atoms with E-state index in [-0.39, 0.29) is 42.2 Å². The van der Waals surface area contributed by atoms with E-state index in [9.17, 15) is 57.9 Å². The number of aliphatic hydroxyl groups is 2. The molecular formula is C25H39N8O17P3S. The Morgan fingerprint density at radius 2 is 1.78 bits per heavy atom. The fourth-order valence-corrected chi connectivity index (χ4v) is 7.92. The molecule has 8 atom stereocenters. The average molecular weight is 849 g/mol. The Morgan fingerprint density at radius 3 is 2.43 bits per heavy atom. The second-order valence-corrected chi connectivity index (χ2v) is 17.2. The molecule has 3 heterocycles. The molecule has 25 nitrogen and oxygen atoms in total. The number of fused-ring (bicyclic) bond motifs is 1. The highest BCUT2D eigenvalue weighted by atomic mass is 32.2. The van der Waals surface area contributed by atoms with Gasteiger partial charge in [0, 0.05) is 30.7 Å². The summed E-state index contributed by atoms with van der Waals surface area (Å²) < 4.78 is 61.9. The number of phosphoric ester groups is 3. The van der Waals surface area contributed by atoms with Crippen molar-refractivity contribution < 1.29 is 80.5 Å². The number of rotatable bonds is 20. The predicted octanol–water partition coefficient (Wildman–Crippen LogP) is -2.37. The molecule has 302 valence electrons. The smallest absolute Gasteiger partial charge is 0.386 e. The van der Waals surface area contributed by atoms with Gasteiger partial charge in [0.25, 0.3) is 0 Å². The number of anilines is 1. The topological polar surface area (TPSA) is 390 Å². The minimum absolute atomic E-state index is 0.0242. The van der Waals surface area contributed by atoms with Crippen LogP contribution in [0.3, 0.4) is 0 Å². The van der Waals surface area contributed by atoms with Crippen molar-refractivity contribution in [2.75, 3.05) is 37.8 Å². The fourth-order valence-electron chi connectivity index (χ4n) is 4.44. The first kappa shape index (κ1) is 45.5. The third kappa shape index (κ3) is 13.1. The van der Waals surface area contributed by atoms with E-state index in [2.05, 4.69) is 40.3 Å². The van der Waals surface area contributed by atoms with E-state index in [1.54, 1.807) is 0 Å². The van der Waals surface area contributed by atoms with Gasteiger partial charge >= 0.3 is 23.5 Å². The summed E-state index contributed by atoms with van der Waals surface area (Å²) in [6, 6.07) is -1.07. The second-order valence-electron chi connectivity index (χ2n) is 11.9. The SMILES string of the molecule is C#CC(N)C(=O)SCCNC(=O)CCNC(=O)C(O)C(C)(C)COP(=O)(O)OP(=O)(O)OCC1OC(n2cnc3c(N)ncnc32)C(O)C1OP(=O)(O)O. The van der Waals surface area contributed by atoms with Crippen LogP contribution in [0.15, 0.2) is 12.7 Å². The first-order valence-corrected chi connectivity index (χ1v) is 20.7. The zero-order valence-corrected chi connectivity index (χ0v) is 31.8. The maximum atomic E-state index is 12.6. The number of nitrogen functional groups attached to an aromatic ring is 1. The fraction of sp³-hybridized carbons (Fsp3) is 0.600. The van der Waals surface area contributed by atoms with Gasteiger partial charge < -0.3 is 56.6 Å². The van der Waals surface area contributed by atoms with Crippen molar-refractivity contribution in [3.05, 3.63) is 12.7 Å². The van der Waals surface area contributed by atoms with Gasteiger partial charge in [-0.15, -0.1) is 6.42 Å². The van der Waals surface area contributed by atoms with Gasteiger partial charge in [0.2, 0.25) is 16.9 Å². The van der Waals surface area contributed by atoms with E-state index >= 15 is 0 Å². The van der Waals surface area contributed by atoms with Gasteiger partial charge in [0.05, 0.1) is 19.5 Å². The lowest BCUT2D eigenvalue weighted by molar-refractivity contribution is -0.137. The largest absolute Gasteiger partial charge is 0.481 e. The molecule has 1 aliphatic heterocycles. The number of aliphatic hydroxyl groups excluding tert-OH is 2. The van der Waals surface area contributed by atoms with E-state index in [4.69, 9.17) is 31.7 Å². The van der Waals surface area contributed by atoms with Gasteiger partial charge in [-0.3, -0.25) is 32.5 Å². The number of carbonyl (C=O) groups excluding carboxylic acids is 3. The van der Waals surface area contributed by atoms with Crippen LogP contribution in [0.4, 0.5) is 5.82 Å². The van der Waals surface area contributed by atoms with Crippen molar-refractivity contribution in [1.82, 2.24) is 30.2 Å². The number of hydrogen-bond donors (Lipinski definition) is 10. The number of imidazole rings is 1. The molecular weight excluding hydrogens is 809 g/mol. The number of terminal acetylenes is 1. The number of nitrogens with zero attached hydrogens (tertiary/aromatic N) is 4. The molecule has 2 aromatic heterocycles. The van der Waals surface area contributed by atoms with E-state index in [1.165, 1.54) is 13.8 Å². The number of aromatic nitrogens is 4. The van der Waals surface area contributed by atoms with Crippen molar-refractivity contribution >= 4 is 69.1 Å². The van der Waals surface area contributed by atoms with Gasteiger partial charge in [0.1, 0.15) is 42.3 Å². The molecule has 0 aromatic carbocycles. The van der Waals surface area contributed by atoms with Crippen LogP contribution in [0.2, 0.25) is 0 Å². The van der Waals surface area contributed by atoms with Gasteiger partial charge in [-0.1, -0.05) is 31.5 Å². The van der Waals surface area contributed by atoms with Crippen molar-refractivity contribution in [2.24, 2.45) is 11.1 Å². The van der Waals surface area contributed by atoms with Gasteiger partial charge in [-0.05, 0) is 0 Å². The molecule has 0 radical (unpaired) electrons. The highest BCUT2D eigenvalue weighted by molar-refractivity contribution is 8.13. The van der Waals surface area contributed by atoms with Crippen LogP contribution >= 0.6 is 35.2 Å². The molecule has 0 bridgehead atoms. The molecule has 8 unspecified atom stereocenters.